The van der Waals surface area contributed by atoms with E-state index >= 15 is 0 Å². The molecular weight excluding hydrogens is 410 g/mol. The Balaban J connectivity index is 1.47. The Hall–Kier alpha value is -4.85. The number of aromatic nitrogens is 5. The predicted octanol–water partition coefficient (Wildman–Crippen LogP) is 3.23. The van der Waals surface area contributed by atoms with Gasteiger partial charge in [-0.2, -0.15) is 5.26 Å². The number of nitro groups is 1. The van der Waals surface area contributed by atoms with Gasteiger partial charge in [-0.3, -0.25) is 10.1 Å². The quantitative estimate of drug-likeness (QED) is 0.218. The highest BCUT2D eigenvalue weighted by atomic mass is 16.6. The summed E-state index contributed by atoms with van der Waals surface area (Å²) in [6.45, 7) is 0.998. The summed E-state index contributed by atoms with van der Waals surface area (Å²) in [7, 11) is 0. The molecule has 32 heavy (non-hydrogen) atoms. The molecule has 1 aromatic carbocycles. The maximum Gasteiger partial charge on any atom is 0.287 e. The molecule has 11 nitrogen and oxygen atoms in total. The smallest absolute Gasteiger partial charge is 0.287 e. The molecule has 0 atom stereocenters. The topological polar surface area (TPSA) is 158 Å². The molecule has 0 aliphatic carbocycles. The zero-order chi connectivity index (χ0) is 22.3. The molecule has 4 aromatic rings. The number of rotatable bonds is 8. The number of aromatic amines is 1. The first kappa shape index (κ1) is 20.4. The molecule has 0 aliphatic rings. The summed E-state index contributed by atoms with van der Waals surface area (Å²) in [5.41, 5.74) is 3.60. The number of nitriles is 1. The summed E-state index contributed by atoms with van der Waals surface area (Å²) >= 11 is 0. The van der Waals surface area contributed by atoms with Gasteiger partial charge >= 0.3 is 0 Å². The molecular formula is C21H17N9O2. The Morgan fingerprint density at radius 2 is 1.84 bits per heavy atom. The van der Waals surface area contributed by atoms with Gasteiger partial charge in [-0.05, 0) is 18.2 Å². The van der Waals surface area contributed by atoms with Gasteiger partial charge < -0.3 is 15.6 Å². The van der Waals surface area contributed by atoms with E-state index in [1.807, 2.05) is 12.1 Å². The van der Waals surface area contributed by atoms with Crippen molar-refractivity contribution < 1.29 is 4.92 Å². The zero-order valence-electron chi connectivity index (χ0n) is 16.7. The molecule has 3 aromatic heterocycles. The molecule has 0 aliphatic heterocycles. The second kappa shape index (κ2) is 9.31. The Morgan fingerprint density at radius 3 is 2.50 bits per heavy atom. The molecule has 0 unspecified atom stereocenters. The van der Waals surface area contributed by atoms with Crippen LogP contribution in [0.3, 0.4) is 0 Å². The molecule has 0 amide bonds. The van der Waals surface area contributed by atoms with Crippen molar-refractivity contribution in [2.75, 3.05) is 23.7 Å². The SMILES string of the molecule is N#Cc1ccc(-c2nc(NCCNc3ccc([N+](=O)[O-])cn3)ncc2-c2cnc[nH]2)cc1. The minimum Gasteiger partial charge on any atom is -0.368 e. The minimum atomic E-state index is -0.492. The van der Waals surface area contributed by atoms with E-state index in [9.17, 15) is 10.1 Å². The van der Waals surface area contributed by atoms with Crippen LogP contribution in [-0.2, 0) is 0 Å². The van der Waals surface area contributed by atoms with Gasteiger partial charge in [0, 0.05) is 36.5 Å². The van der Waals surface area contributed by atoms with Crippen molar-refractivity contribution >= 4 is 17.5 Å². The van der Waals surface area contributed by atoms with Crippen molar-refractivity contribution in [2.45, 2.75) is 0 Å². The highest BCUT2D eigenvalue weighted by Crippen LogP contribution is 2.29. The fourth-order valence-corrected chi connectivity index (χ4v) is 2.95. The van der Waals surface area contributed by atoms with E-state index in [-0.39, 0.29) is 5.69 Å². The lowest BCUT2D eigenvalue weighted by molar-refractivity contribution is -0.385. The standard InChI is InChI=1S/C21H17N9O2/c22-9-14-1-3-15(4-2-14)20-17(18-12-23-13-28-18)11-27-21(29-20)25-8-7-24-19-6-5-16(10-26-19)30(31)32/h1-6,10-13H,7-8H2,(H,23,28)(H,24,26)(H,25,27,29). The average Bonchev–Trinajstić information content (AvgIpc) is 3.37. The molecule has 0 spiro atoms. The van der Waals surface area contributed by atoms with Gasteiger partial charge in [0.05, 0.1) is 40.5 Å². The molecule has 11 heteroatoms. The maximum absolute atomic E-state index is 10.7. The van der Waals surface area contributed by atoms with Crippen LogP contribution in [0.25, 0.3) is 22.5 Å². The van der Waals surface area contributed by atoms with E-state index in [4.69, 9.17) is 5.26 Å². The van der Waals surface area contributed by atoms with Crippen LogP contribution in [0.1, 0.15) is 5.56 Å². The highest BCUT2D eigenvalue weighted by Gasteiger charge is 2.13. The van der Waals surface area contributed by atoms with E-state index < -0.39 is 4.92 Å². The van der Waals surface area contributed by atoms with Crippen LogP contribution in [0.15, 0.2) is 61.3 Å². The predicted molar refractivity (Wildman–Crippen MR) is 118 cm³/mol. The number of pyridine rings is 1. The monoisotopic (exact) mass is 427 g/mol. The highest BCUT2D eigenvalue weighted by molar-refractivity contribution is 5.79. The number of hydrogen-bond donors (Lipinski definition) is 3. The molecule has 3 N–H and O–H groups in total. The average molecular weight is 427 g/mol. The second-order valence-electron chi connectivity index (χ2n) is 6.62. The van der Waals surface area contributed by atoms with Crippen LogP contribution in [0.5, 0.6) is 0 Å². The number of nitrogens with one attached hydrogen (secondary N) is 3. The van der Waals surface area contributed by atoms with Crippen molar-refractivity contribution in [2.24, 2.45) is 0 Å². The number of H-pyrrole nitrogens is 1. The van der Waals surface area contributed by atoms with Crippen molar-refractivity contribution in [1.29, 1.82) is 5.26 Å². The van der Waals surface area contributed by atoms with Crippen LogP contribution < -0.4 is 10.6 Å². The Bertz CT molecular complexity index is 1250. The maximum atomic E-state index is 10.7. The molecule has 158 valence electrons. The van der Waals surface area contributed by atoms with E-state index in [0.717, 1.165) is 16.8 Å². The van der Waals surface area contributed by atoms with E-state index in [2.05, 4.69) is 41.6 Å². The lowest BCUT2D eigenvalue weighted by Crippen LogP contribution is -2.16. The molecule has 0 radical (unpaired) electrons. The molecule has 0 fully saturated rings. The van der Waals surface area contributed by atoms with E-state index in [1.54, 1.807) is 36.9 Å². The summed E-state index contributed by atoms with van der Waals surface area (Å²) < 4.78 is 0. The van der Waals surface area contributed by atoms with Crippen molar-refractivity contribution in [3.63, 3.8) is 0 Å². The van der Waals surface area contributed by atoms with Crippen LogP contribution >= 0.6 is 0 Å². The van der Waals surface area contributed by atoms with Crippen molar-refractivity contribution in [1.82, 2.24) is 24.9 Å². The number of anilines is 2. The number of hydrogen-bond acceptors (Lipinski definition) is 9. The van der Waals surface area contributed by atoms with Crippen LogP contribution in [0.2, 0.25) is 0 Å². The first-order valence-electron chi connectivity index (χ1n) is 9.58. The fourth-order valence-electron chi connectivity index (χ4n) is 2.95. The van der Waals surface area contributed by atoms with Gasteiger partial charge in [0.1, 0.15) is 12.0 Å². The van der Waals surface area contributed by atoms with Gasteiger partial charge in [-0.1, -0.05) is 12.1 Å². The third-order valence-electron chi connectivity index (χ3n) is 4.54. The van der Waals surface area contributed by atoms with Crippen molar-refractivity contribution in [3.05, 3.63) is 77.0 Å². The van der Waals surface area contributed by atoms with E-state index in [1.165, 1.54) is 12.3 Å². The Labute approximate surface area is 182 Å². The molecule has 3 heterocycles. The lowest BCUT2D eigenvalue weighted by atomic mass is 10.0. The van der Waals surface area contributed by atoms with Gasteiger partial charge in [-0.25, -0.2) is 19.9 Å². The first-order chi connectivity index (χ1) is 15.6. The van der Waals surface area contributed by atoms with Gasteiger partial charge in [0.15, 0.2) is 0 Å². The third kappa shape index (κ3) is 4.65. The lowest BCUT2D eigenvalue weighted by Gasteiger charge is -2.11. The van der Waals surface area contributed by atoms with Crippen LogP contribution in [-0.4, -0.2) is 42.9 Å². The molecule has 0 bridgehead atoms. The number of imidazole rings is 1. The van der Waals surface area contributed by atoms with Gasteiger partial charge in [0.2, 0.25) is 5.95 Å². The Kier molecular flexibility index (Phi) is 5.94. The second-order valence-corrected chi connectivity index (χ2v) is 6.62. The third-order valence-corrected chi connectivity index (χ3v) is 4.54. The largest absolute Gasteiger partial charge is 0.368 e. The summed E-state index contributed by atoms with van der Waals surface area (Å²) in [6.07, 6.45) is 6.20. The van der Waals surface area contributed by atoms with Gasteiger partial charge in [0.25, 0.3) is 5.69 Å². The first-order valence-corrected chi connectivity index (χ1v) is 9.58. The van der Waals surface area contributed by atoms with Crippen molar-refractivity contribution in [3.8, 4) is 28.6 Å². The summed E-state index contributed by atoms with van der Waals surface area (Å²) in [4.78, 5) is 30.4. The molecule has 0 saturated carbocycles. The van der Waals surface area contributed by atoms with E-state index in [0.29, 0.717) is 36.1 Å². The number of nitrogens with zero attached hydrogens (tertiary/aromatic N) is 6. The molecule has 4 rings (SSSR count). The van der Waals surface area contributed by atoms with Crippen LogP contribution in [0.4, 0.5) is 17.5 Å². The van der Waals surface area contributed by atoms with Gasteiger partial charge in [-0.15, -0.1) is 0 Å². The number of benzene rings is 1. The molecule has 0 saturated heterocycles. The minimum absolute atomic E-state index is 0.0604. The summed E-state index contributed by atoms with van der Waals surface area (Å²) in [6, 6.07) is 12.2. The Morgan fingerprint density at radius 1 is 1.03 bits per heavy atom. The normalized spacial score (nSPS) is 10.3. The van der Waals surface area contributed by atoms with Crippen LogP contribution in [0, 0.1) is 21.4 Å². The fraction of sp³-hybridized carbons (Fsp3) is 0.0952. The zero-order valence-corrected chi connectivity index (χ0v) is 16.7. The summed E-state index contributed by atoms with van der Waals surface area (Å²) in [5, 5.41) is 26.0. The summed E-state index contributed by atoms with van der Waals surface area (Å²) in [5.74, 6) is 0.970.